The number of benzene rings is 1. The molecule has 30 heavy (non-hydrogen) atoms. The lowest BCUT2D eigenvalue weighted by Crippen LogP contribution is -2.23. The van der Waals surface area contributed by atoms with E-state index in [0.29, 0.717) is 16.8 Å². The van der Waals surface area contributed by atoms with Crippen molar-refractivity contribution in [3.63, 3.8) is 0 Å². The van der Waals surface area contributed by atoms with E-state index in [2.05, 4.69) is 25.3 Å². The fourth-order valence-electron chi connectivity index (χ4n) is 2.78. The highest BCUT2D eigenvalue weighted by atomic mass is 19.4. The zero-order valence-corrected chi connectivity index (χ0v) is 15.6. The summed E-state index contributed by atoms with van der Waals surface area (Å²) in [5.41, 5.74) is 2.83. The van der Waals surface area contributed by atoms with Crippen molar-refractivity contribution < 1.29 is 22.4 Å². The monoisotopic (exact) mass is 413 g/mol. The number of carbonyl (C=O) groups is 1. The van der Waals surface area contributed by atoms with Crippen LogP contribution < -0.4 is 5.32 Å². The molecule has 0 aliphatic rings. The van der Waals surface area contributed by atoms with Crippen LogP contribution in [0.2, 0.25) is 0 Å². The summed E-state index contributed by atoms with van der Waals surface area (Å²) in [5.74, 6) is -1.46. The van der Waals surface area contributed by atoms with E-state index in [1.807, 2.05) is 31.2 Å². The number of aromatic nitrogens is 4. The van der Waals surface area contributed by atoms with Crippen LogP contribution in [0.3, 0.4) is 0 Å². The van der Waals surface area contributed by atoms with Crippen LogP contribution in [0.1, 0.15) is 27.5 Å². The van der Waals surface area contributed by atoms with E-state index in [9.17, 15) is 18.0 Å². The largest absolute Gasteiger partial charge is 0.451 e. The third-order valence-corrected chi connectivity index (χ3v) is 4.26. The lowest BCUT2D eigenvalue weighted by atomic mass is 10.1. The SMILES string of the molecule is Cc1ccc(-c2oc(C(=O)NCc3cnc(C(F)(F)F)nc3)c3nccnc23)cc1. The molecule has 0 saturated carbocycles. The topological polar surface area (TPSA) is 93.8 Å². The zero-order chi connectivity index (χ0) is 21.3. The highest BCUT2D eigenvalue weighted by Gasteiger charge is 2.34. The Morgan fingerprint density at radius 1 is 1.00 bits per heavy atom. The van der Waals surface area contributed by atoms with Gasteiger partial charge in [0.15, 0.2) is 5.76 Å². The average Bonchev–Trinajstić information content (AvgIpc) is 3.12. The predicted octanol–water partition coefficient (Wildman–Crippen LogP) is 3.94. The lowest BCUT2D eigenvalue weighted by Gasteiger charge is -2.06. The van der Waals surface area contributed by atoms with Crippen molar-refractivity contribution in [2.75, 3.05) is 0 Å². The molecule has 0 unspecified atom stereocenters. The van der Waals surface area contributed by atoms with Crippen LogP contribution in [-0.4, -0.2) is 25.8 Å². The molecule has 0 aliphatic carbocycles. The highest BCUT2D eigenvalue weighted by molar-refractivity contribution is 6.05. The summed E-state index contributed by atoms with van der Waals surface area (Å²) < 4.78 is 43.4. The number of aryl methyl sites for hydroxylation is 1. The summed E-state index contributed by atoms with van der Waals surface area (Å²) in [6, 6.07) is 7.52. The highest BCUT2D eigenvalue weighted by Crippen LogP contribution is 2.31. The molecule has 1 N–H and O–H groups in total. The minimum absolute atomic E-state index is 0.0403. The van der Waals surface area contributed by atoms with Crippen molar-refractivity contribution in [1.82, 2.24) is 25.3 Å². The predicted molar refractivity (Wildman–Crippen MR) is 100 cm³/mol. The Kier molecular flexibility index (Phi) is 4.90. The van der Waals surface area contributed by atoms with Gasteiger partial charge in [0.05, 0.1) is 0 Å². The van der Waals surface area contributed by atoms with E-state index in [1.54, 1.807) is 0 Å². The molecular weight excluding hydrogens is 399 g/mol. The Bertz CT molecular complexity index is 1200. The Hall–Kier alpha value is -3.82. The Morgan fingerprint density at radius 2 is 1.63 bits per heavy atom. The molecule has 1 aromatic carbocycles. The molecule has 10 heteroatoms. The number of carbonyl (C=O) groups excluding carboxylic acids is 1. The van der Waals surface area contributed by atoms with Gasteiger partial charge in [0.25, 0.3) is 5.91 Å². The molecule has 4 rings (SSSR count). The van der Waals surface area contributed by atoms with Gasteiger partial charge in [-0.1, -0.05) is 29.8 Å². The molecule has 0 bridgehead atoms. The molecule has 3 heterocycles. The second-order valence-corrected chi connectivity index (χ2v) is 6.48. The maximum absolute atomic E-state index is 12.7. The summed E-state index contributed by atoms with van der Waals surface area (Å²) in [7, 11) is 0. The minimum atomic E-state index is -4.63. The van der Waals surface area contributed by atoms with E-state index in [-0.39, 0.29) is 17.8 Å². The molecular formula is C20H14F3N5O2. The second kappa shape index (κ2) is 7.54. The number of nitrogens with zero attached hydrogens (tertiary/aromatic N) is 4. The molecule has 152 valence electrons. The summed E-state index contributed by atoms with van der Waals surface area (Å²) in [4.78, 5) is 27.7. The van der Waals surface area contributed by atoms with Crippen LogP contribution in [0, 0.1) is 6.92 Å². The van der Waals surface area contributed by atoms with E-state index in [1.165, 1.54) is 12.4 Å². The first-order valence-electron chi connectivity index (χ1n) is 8.80. The molecule has 4 aromatic rings. The van der Waals surface area contributed by atoms with Crippen LogP contribution in [0.15, 0.2) is 53.5 Å². The van der Waals surface area contributed by atoms with Gasteiger partial charge in [-0.05, 0) is 6.92 Å². The van der Waals surface area contributed by atoms with Gasteiger partial charge in [0.1, 0.15) is 11.0 Å². The Labute approximate surface area is 168 Å². The van der Waals surface area contributed by atoms with E-state index >= 15 is 0 Å². The van der Waals surface area contributed by atoms with E-state index < -0.39 is 17.9 Å². The van der Waals surface area contributed by atoms with Crippen molar-refractivity contribution in [3.8, 4) is 11.3 Å². The third kappa shape index (κ3) is 3.84. The number of furan rings is 1. The van der Waals surface area contributed by atoms with E-state index in [4.69, 9.17) is 4.42 Å². The normalized spacial score (nSPS) is 11.6. The van der Waals surface area contributed by atoms with Gasteiger partial charge < -0.3 is 9.73 Å². The van der Waals surface area contributed by atoms with Crippen molar-refractivity contribution in [2.24, 2.45) is 0 Å². The lowest BCUT2D eigenvalue weighted by molar-refractivity contribution is -0.145. The maximum atomic E-state index is 12.7. The standard InChI is InChI=1S/C20H14F3N5O2/c1-11-2-4-13(5-3-11)16-14-15(25-7-6-24-14)17(30-16)18(29)26-8-12-9-27-19(28-10-12)20(21,22)23/h2-7,9-10H,8H2,1H3,(H,26,29). The van der Waals surface area contributed by atoms with Gasteiger partial charge in [-0.15, -0.1) is 0 Å². The number of alkyl halides is 3. The average molecular weight is 413 g/mol. The van der Waals surface area contributed by atoms with Crippen LogP contribution in [-0.2, 0) is 12.7 Å². The Balaban J connectivity index is 1.58. The molecule has 1 amide bonds. The number of halogens is 3. The van der Waals surface area contributed by atoms with Crippen molar-refractivity contribution in [1.29, 1.82) is 0 Å². The fourth-order valence-corrected chi connectivity index (χ4v) is 2.78. The van der Waals surface area contributed by atoms with E-state index in [0.717, 1.165) is 23.5 Å². The first-order valence-corrected chi connectivity index (χ1v) is 8.80. The summed E-state index contributed by atoms with van der Waals surface area (Å²) in [6.07, 6.45) is 0.329. The van der Waals surface area contributed by atoms with Gasteiger partial charge in [-0.3, -0.25) is 4.79 Å². The molecule has 0 aliphatic heterocycles. The zero-order valence-electron chi connectivity index (χ0n) is 15.6. The molecule has 0 spiro atoms. The van der Waals surface area contributed by atoms with Crippen LogP contribution >= 0.6 is 0 Å². The van der Waals surface area contributed by atoms with Gasteiger partial charge in [0, 0.05) is 42.5 Å². The van der Waals surface area contributed by atoms with Crippen LogP contribution in [0.4, 0.5) is 13.2 Å². The van der Waals surface area contributed by atoms with Gasteiger partial charge >= 0.3 is 6.18 Å². The molecule has 0 saturated heterocycles. The second-order valence-electron chi connectivity index (χ2n) is 6.48. The molecule has 0 fully saturated rings. The van der Waals surface area contributed by atoms with Crippen molar-refractivity contribution in [2.45, 2.75) is 19.6 Å². The number of nitrogens with one attached hydrogen (secondary N) is 1. The van der Waals surface area contributed by atoms with Crippen LogP contribution in [0.25, 0.3) is 22.4 Å². The quantitative estimate of drug-likeness (QED) is 0.545. The fraction of sp³-hybridized carbons (Fsp3) is 0.150. The van der Waals surface area contributed by atoms with Gasteiger partial charge in [0.2, 0.25) is 11.6 Å². The molecule has 7 nitrogen and oxygen atoms in total. The summed E-state index contributed by atoms with van der Waals surface area (Å²) in [6.45, 7) is 1.87. The molecule has 0 radical (unpaired) electrons. The van der Waals surface area contributed by atoms with Gasteiger partial charge in [-0.25, -0.2) is 19.9 Å². The third-order valence-electron chi connectivity index (χ3n) is 4.26. The number of amides is 1. The summed E-state index contributed by atoms with van der Waals surface area (Å²) >= 11 is 0. The Morgan fingerprint density at radius 3 is 2.27 bits per heavy atom. The molecule has 0 atom stereocenters. The smallest absolute Gasteiger partial charge is 0.446 e. The number of rotatable bonds is 4. The number of hydrogen-bond donors (Lipinski definition) is 1. The minimum Gasteiger partial charge on any atom is -0.446 e. The van der Waals surface area contributed by atoms with Crippen LogP contribution in [0.5, 0.6) is 0 Å². The maximum Gasteiger partial charge on any atom is 0.451 e. The summed E-state index contributed by atoms with van der Waals surface area (Å²) in [5, 5.41) is 2.58. The first-order chi connectivity index (χ1) is 14.3. The van der Waals surface area contributed by atoms with Crippen molar-refractivity contribution in [3.05, 3.63) is 71.8 Å². The van der Waals surface area contributed by atoms with Crippen molar-refractivity contribution >= 4 is 16.9 Å². The molecule has 3 aromatic heterocycles. The first kappa shape index (κ1) is 19.5. The van der Waals surface area contributed by atoms with Gasteiger partial charge in [-0.2, -0.15) is 13.2 Å². The number of hydrogen-bond acceptors (Lipinski definition) is 6. The number of fused-ring (bicyclic) bond motifs is 1.